The van der Waals surface area contributed by atoms with Gasteiger partial charge in [-0.15, -0.1) is 12.4 Å². The monoisotopic (exact) mass is 406 g/mol. The molecular weight excluding hydrogens is 383 g/mol. The summed E-state index contributed by atoms with van der Waals surface area (Å²) in [6.45, 7) is 2.04. The molecule has 0 aliphatic carbocycles. The van der Waals surface area contributed by atoms with Gasteiger partial charge in [0.25, 0.3) is 5.91 Å². The standard InChI is InChI=1S/C21H23ClN2O2.ClH/c22-17-5-1-3-15(11-17)14-26-20-6-2-4-16(12-20)21(25)24-10-9-18-7-8-19(13-24)23-18;/h1-6,11-12,18-19,23H,7-10,13-14H2;1H. The van der Waals surface area contributed by atoms with Crippen molar-refractivity contribution in [1.82, 2.24) is 10.2 Å². The first-order valence-corrected chi connectivity index (χ1v) is 9.58. The van der Waals surface area contributed by atoms with Crippen molar-refractivity contribution in [1.29, 1.82) is 0 Å². The molecule has 2 aromatic carbocycles. The lowest BCUT2D eigenvalue weighted by molar-refractivity contribution is 0.0747. The molecule has 0 saturated carbocycles. The Balaban J connectivity index is 0.00000210. The first-order chi connectivity index (χ1) is 12.7. The minimum atomic E-state index is 0. The van der Waals surface area contributed by atoms with Crippen LogP contribution in [0, 0.1) is 0 Å². The summed E-state index contributed by atoms with van der Waals surface area (Å²) in [4.78, 5) is 14.9. The second-order valence-corrected chi connectivity index (χ2v) is 7.56. The van der Waals surface area contributed by atoms with Gasteiger partial charge < -0.3 is 15.0 Å². The second-order valence-electron chi connectivity index (χ2n) is 7.12. The fourth-order valence-electron chi connectivity index (χ4n) is 3.82. The summed E-state index contributed by atoms with van der Waals surface area (Å²) in [6, 6.07) is 16.1. The molecule has 2 aliphatic rings. The van der Waals surface area contributed by atoms with E-state index >= 15 is 0 Å². The fourth-order valence-corrected chi connectivity index (χ4v) is 4.04. The Morgan fingerprint density at radius 2 is 1.93 bits per heavy atom. The molecule has 2 heterocycles. The zero-order valence-electron chi connectivity index (χ0n) is 15.1. The maximum absolute atomic E-state index is 12.9. The van der Waals surface area contributed by atoms with Crippen molar-refractivity contribution >= 4 is 29.9 Å². The number of fused-ring (bicyclic) bond motifs is 2. The SMILES string of the molecule is Cl.O=C(c1cccc(OCc2cccc(Cl)c2)c1)N1CCC2CCC(C1)N2. The molecule has 1 N–H and O–H groups in total. The van der Waals surface area contributed by atoms with E-state index in [1.54, 1.807) is 0 Å². The molecule has 4 rings (SSSR count). The topological polar surface area (TPSA) is 41.6 Å². The molecule has 2 saturated heterocycles. The molecule has 1 amide bonds. The highest BCUT2D eigenvalue weighted by Gasteiger charge is 2.31. The van der Waals surface area contributed by atoms with Gasteiger partial charge in [-0.05, 0) is 55.2 Å². The van der Waals surface area contributed by atoms with Gasteiger partial charge in [-0.25, -0.2) is 0 Å². The van der Waals surface area contributed by atoms with Gasteiger partial charge in [0.1, 0.15) is 12.4 Å². The number of likely N-dealkylation sites (tertiary alicyclic amines) is 1. The number of carbonyl (C=O) groups is 1. The number of nitrogens with one attached hydrogen (secondary N) is 1. The Morgan fingerprint density at radius 3 is 2.78 bits per heavy atom. The number of hydrogen-bond donors (Lipinski definition) is 1. The van der Waals surface area contributed by atoms with Crippen LogP contribution < -0.4 is 10.1 Å². The number of nitrogens with zero attached hydrogens (tertiary/aromatic N) is 1. The maximum Gasteiger partial charge on any atom is 0.254 e. The van der Waals surface area contributed by atoms with Crippen LogP contribution in [0.2, 0.25) is 5.02 Å². The van der Waals surface area contributed by atoms with E-state index in [0.29, 0.717) is 35.0 Å². The molecule has 6 heteroatoms. The molecule has 2 atom stereocenters. The molecule has 144 valence electrons. The van der Waals surface area contributed by atoms with Gasteiger partial charge in [0, 0.05) is 35.8 Å². The Hall–Kier alpha value is -1.75. The molecule has 0 aromatic heterocycles. The van der Waals surface area contributed by atoms with Gasteiger partial charge in [-0.2, -0.15) is 0 Å². The predicted molar refractivity (Wildman–Crippen MR) is 110 cm³/mol. The zero-order valence-corrected chi connectivity index (χ0v) is 16.6. The van der Waals surface area contributed by atoms with Crippen molar-refractivity contribution in [3.05, 3.63) is 64.7 Å². The summed E-state index contributed by atoms with van der Waals surface area (Å²) in [5, 5.41) is 4.31. The molecular formula is C21H24Cl2N2O2. The van der Waals surface area contributed by atoms with Crippen LogP contribution in [0.4, 0.5) is 0 Å². The van der Waals surface area contributed by atoms with E-state index in [2.05, 4.69) is 5.32 Å². The maximum atomic E-state index is 12.9. The van der Waals surface area contributed by atoms with Gasteiger partial charge >= 0.3 is 0 Å². The van der Waals surface area contributed by atoms with E-state index in [1.807, 2.05) is 53.4 Å². The van der Waals surface area contributed by atoms with E-state index in [1.165, 1.54) is 6.42 Å². The lowest BCUT2D eigenvalue weighted by atomic mass is 10.1. The van der Waals surface area contributed by atoms with Crippen LogP contribution in [-0.2, 0) is 6.61 Å². The number of amides is 1. The molecule has 4 nitrogen and oxygen atoms in total. The third-order valence-corrected chi connectivity index (χ3v) is 5.42. The third-order valence-electron chi connectivity index (χ3n) is 5.19. The highest BCUT2D eigenvalue weighted by molar-refractivity contribution is 6.30. The Bertz CT molecular complexity index is 799. The number of hydrogen-bond acceptors (Lipinski definition) is 3. The minimum Gasteiger partial charge on any atom is -0.489 e. The lowest BCUT2D eigenvalue weighted by Gasteiger charge is -2.24. The number of ether oxygens (including phenoxy) is 1. The van der Waals surface area contributed by atoms with Crippen molar-refractivity contribution in [2.75, 3.05) is 13.1 Å². The van der Waals surface area contributed by atoms with Crippen LogP contribution in [0.5, 0.6) is 5.75 Å². The van der Waals surface area contributed by atoms with Crippen molar-refractivity contribution in [2.45, 2.75) is 38.0 Å². The fraction of sp³-hybridized carbons (Fsp3) is 0.381. The van der Waals surface area contributed by atoms with Gasteiger partial charge in [0.05, 0.1) is 0 Å². The first kappa shape index (κ1) is 20.0. The van der Waals surface area contributed by atoms with E-state index in [0.717, 1.165) is 31.5 Å². The number of rotatable bonds is 4. The smallest absolute Gasteiger partial charge is 0.254 e. The highest BCUT2D eigenvalue weighted by atomic mass is 35.5. The van der Waals surface area contributed by atoms with Gasteiger partial charge in [0.2, 0.25) is 0 Å². The first-order valence-electron chi connectivity index (χ1n) is 9.20. The van der Waals surface area contributed by atoms with Crippen molar-refractivity contribution in [2.24, 2.45) is 0 Å². The summed E-state index contributed by atoms with van der Waals surface area (Å²) in [5.74, 6) is 0.790. The predicted octanol–water partition coefficient (Wildman–Crippen LogP) is 4.31. The molecule has 2 unspecified atom stereocenters. The van der Waals surface area contributed by atoms with Crippen molar-refractivity contribution in [3.8, 4) is 5.75 Å². The summed E-state index contributed by atoms with van der Waals surface area (Å²) in [6.07, 6.45) is 3.43. The van der Waals surface area contributed by atoms with Crippen LogP contribution >= 0.6 is 24.0 Å². The summed E-state index contributed by atoms with van der Waals surface area (Å²) in [7, 11) is 0. The summed E-state index contributed by atoms with van der Waals surface area (Å²) >= 11 is 6.01. The molecule has 2 aromatic rings. The quantitative estimate of drug-likeness (QED) is 0.822. The average molecular weight is 407 g/mol. The van der Waals surface area contributed by atoms with Crippen LogP contribution in [0.1, 0.15) is 35.2 Å². The summed E-state index contributed by atoms with van der Waals surface area (Å²) in [5.41, 5.74) is 1.69. The van der Waals surface area contributed by atoms with Crippen LogP contribution in [0.15, 0.2) is 48.5 Å². The number of halogens is 2. The molecule has 0 radical (unpaired) electrons. The highest BCUT2D eigenvalue weighted by Crippen LogP contribution is 2.23. The van der Waals surface area contributed by atoms with Gasteiger partial charge in [0.15, 0.2) is 0 Å². The van der Waals surface area contributed by atoms with Crippen LogP contribution in [-0.4, -0.2) is 36.0 Å². The zero-order chi connectivity index (χ0) is 17.9. The van der Waals surface area contributed by atoms with E-state index in [9.17, 15) is 4.79 Å². The molecule has 27 heavy (non-hydrogen) atoms. The van der Waals surface area contributed by atoms with Crippen LogP contribution in [0.3, 0.4) is 0 Å². The Kier molecular flexibility index (Phi) is 6.64. The molecule has 2 bridgehead atoms. The van der Waals surface area contributed by atoms with E-state index < -0.39 is 0 Å². The molecule has 2 aliphatic heterocycles. The third kappa shape index (κ3) is 4.95. The largest absolute Gasteiger partial charge is 0.489 e. The Labute approximate surface area is 171 Å². The minimum absolute atomic E-state index is 0. The van der Waals surface area contributed by atoms with Crippen LogP contribution in [0.25, 0.3) is 0 Å². The molecule has 2 fully saturated rings. The van der Waals surface area contributed by atoms with Gasteiger partial charge in [-0.3, -0.25) is 4.79 Å². The summed E-state index contributed by atoms with van der Waals surface area (Å²) < 4.78 is 5.86. The van der Waals surface area contributed by atoms with Gasteiger partial charge in [-0.1, -0.05) is 29.8 Å². The normalized spacial score (nSPS) is 21.3. The number of carbonyl (C=O) groups excluding carboxylic acids is 1. The Morgan fingerprint density at radius 1 is 1.11 bits per heavy atom. The number of benzene rings is 2. The lowest BCUT2D eigenvalue weighted by Crippen LogP contribution is -2.39. The second kappa shape index (κ2) is 8.96. The van der Waals surface area contributed by atoms with E-state index in [4.69, 9.17) is 16.3 Å². The van der Waals surface area contributed by atoms with E-state index in [-0.39, 0.29) is 18.3 Å². The van der Waals surface area contributed by atoms with Crippen molar-refractivity contribution in [3.63, 3.8) is 0 Å². The average Bonchev–Trinajstić information content (AvgIpc) is 2.98. The molecule has 0 spiro atoms. The van der Waals surface area contributed by atoms with Crippen molar-refractivity contribution < 1.29 is 9.53 Å².